The quantitative estimate of drug-likeness (QED) is 0.653. The van der Waals surface area contributed by atoms with E-state index >= 15 is 0 Å². The molecule has 0 aliphatic carbocycles. The molecule has 0 radical (unpaired) electrons. The fourth-order valence-corrected chi connectivity index (χ4v) is 1.45. The van der Waals surface area contributed by atoms with Crippen molar-refractivity contribution < 1.29 is 14.6 Å². The Kier molecular flexibility index (Phi) is 6.15. The number of aliphatic carboxylic acids is 1. The molecule has 0 spiro atoms. The van der Waals surface area contributed by atoms with Gasteiger partial charge in [-0.3, -0.25) is 4.79 Å². The van der Waals surface area contributed by atoms with Crippen LogP contribution in [0.3, 0.4) is 0 Å². The van der Waals surface area contributed by atoms with Crippen LogP contribution in [-0.4, -0.2) is 40.8 Å². The molecule has 0 saturated carbocycles. The van der Waals surface area contributed by atoms with Gasteiger partial charge in [0.25, 0.3) is 0 Å². The Balaban J connectivity index is 3.35. The standard InChI is InChI=1S/C9H19NO3S/c1-9(2,3)13-4-5-14-6-7(10)8(11)12/h7H,4-6,10H2,1-3H3,(H,11,12). The van der Waals surface area contributed by atoms with E-state index < -0.39 is 12.0 Å². The van der Waals surface area contributed by atoms with E-state index in [1.54, 1.807) is 0 Å². The van der Waals surface area contributed by atoms with Gasteiger partial charge in [-0.25, -0.2) is 0 Å². The third-order valence-electron chi connectivity index (χ3n) is 1.38. The van der Waals surface area contributed by atoms with Crippen LogP contribution < -0.4 is 5.73 Å². The van der Waals surface area contributed by atoms with Gasteiger partial charge in [0.2, 0.25) is 0 Å². The van der Waals surface area contributed by atoms with Gasteiger partial charge >= 0.3 is 5.97 Å². The second-order valence-corrected chi connectivity index (χ2v) is 5.13. The van der Waals surface area contributed by atoms with Gasteiger partial charge < -0.3 is 15.6 Å². The van der Waals surface area contributed by atoms with E-state index in [9.17, 15) is 4.79 Å². The molecule has 14 heavy (non-hydrogen) atoms. The fraction of sp³-hybridized carbons (Fsp3) is 0.889. The van der Waals surface area contributed by atoms with Crippen LogP contribution in [0.2, 0.25) is 0 Å². The highest BCUT2D eigenvalue weighted by molar-refractivity contribution is 7.99. The Morgan fingerprint density at radius 3 is 2.57 bits per heavy atom. The number of carboxylic acid groups (broad SMARTS) is 1. The first-order valence-electron chi connectivity index (χ1n) is 4.53. The van der Waals surface area contributed by atoms with Crippen molar-refractivity contribution in [1.82, 2.24) is 0 Å². The van der Waals surface area contributed by atoms with Crippen molar-refractivity contribution in [3.8, 4) is 0 Å². The molecule has 0 aromatic carbocycles. The molecule has 0 aromatic heterocycles. The van der Waals surface area contributed by atoms with Crippen molar-refractivity contribution in [2.45, 2.75) is 32.4 Å². The SMILES string of the molecule is CC(C)(C)OCCSCC(N)C(=O)O. The second kappa shape index (κ2) is 6.27. The molecule has 0 aliphatic rings. The van der Waals surface area contributed by atoms with Crippen molar-refractivity contribution in [1.29, 1.82) is 0 Å². The van der Waals surface area contributed by atoms with E-state index in [-0.39, 0.29) is 5.60 Å². The van der Waals surface area contributed by atoms with Crippen molar-refractivity contribution in [2.24, 2.45) is 5.73 Å². The first-order valence-corrected chi connectivity index (χ1v) is 5.68. The smallest absolute Gasteiger partial charge is 0.321 e. The predicted octanol–water partition coefficient (Wildman–Crippen LogP) is 0.947. The molecular weight excluding hydrogens is 202 g/mol. The minimum Gasteiger partial charge on any atom is -0.480 e. The summed E-state index contributed by atoms with van der Waals surface area (Å²) < 4.78 is 5.46. The largest absolute Gasteiger partial charge is 0.480 e. The Labute approximate surface area is 89.2 Å². The monoisotopic (exact) mass is 221 g/mol. The molecule has 0 bridgehead atoms. The van der Waals surface area contributed by atoms with Gasteiger partial charge in [-0.1, -0.05) is 0 Å². The maximum atomic E-state index is 10.4. The highest BCUT2D eigenvalue weighted by Crippen LogP contribution is 2.08. The molecule has 0 heterocycles. The average molecular weight is 221 g/mol. The van der Waals surface area contributed by atoms with Crippen molar-refractivity contribution in [3.05, 3.63) is 0 Å². The van der Waals surface area contributed by atoms with E-state index in [2.05, 4.69) is 0 Å². The summed E-state index contributed by atoms with van der Waals surface area (Å²) in [5.74, 6) is 0.260. The zero-order chi connectivity index (χ0) is 11.2. The Hall–Kier alpha value is -0.260. The molecule has 84 valence electrons. The molecule has 0 aliphatic heterocycles. The van der Waals surface area contributed by atoms with Crippen LogP contribution in [-0.2, 0) is 9.53 Å². The summed E-state index contributed by atoms with van der Waals surface area (Å²) in [5, 5.41) is 8.50. The number of carboxylic acids is 1. The van der Waals surface area contributed by atoms with Crippen molar-refractivity contribution in [2.75, 3.05) is 18.1 Å². The third kappa shape index (κ3) is 8.34. The van der Waals surface area contributed by atoms with Crippen LogP contribution in [0, 0.1) is 0 Å². The van der Waals surface area contributed by atoms with Gasteiger partial charge in [-0.15, -0.1) is 0 Å². The number of hydrogen-bond donors (Lipinski definition) is 2. The van der Waals surface area contributed by atoms with Gasteiger partial charge in [0.05, 0.1) is 12.2 Å². The Morgan fingerprint density at radius 2 is 2.14 bits per heavy atom. The van der Waals surface area contributed by atoms with E-state index in [1.807, 2.05) is 20.8 Å². The number of thioether (sulfide) groups is 1. The molecule has 1 unspecified atom stereocenters. The maximum Gasteiger partial charge on any atom is 0.321 e. The van der Waals surface area contributed by atoms with Crippen LogP contribution in [0.5, 0.6) is 0 Å². The minimum atomic E-state index is -0.950. The third-order valence-corrected chi connectivity index (χ3v) is 2.43. The Morgan fingerprint density at radius 1 is 1.57 bits per heavy atom. The normalized spacial score (nSPS) is 14.0. The van der Waals surface area contributed by atoms with Crippen molar-refractivity contribution in [3.63, 3.8) is 0 Å². The molecule has 5 heteroatoms. The number of nitrogens with two attached hydrogens (primary N) is 1. The predicted molar refractivity (Wildman–Crippen MR) is 58.6 cm³/mol. The van der Waals surface area contributed by atoms with Gasteiger partial charge in [0.1, 0.15) is 6.04 Å². The average Bonchev–Trinajstić information content (AvgIpc) is 2.01. The number of carbonyl (C=O) groups is 1. The summed E-state index contributed by atoms with van der Waals surface area (Å²) in [6, 6.07) is -0.769. The topological polar surface area (TPSA) is 72.5 Å². The molecular formula is C9H19NO3S. The first kappa shape index (κ1) is 13.7. The summed E-state index contributed by atoms with van der Waals surface area (Å²) >= 11 is 1.50. The number of ether oxygens (including phenoxy) is 1. The lowest BCUT2D eigenvalue weighted by molar-refractivity contribution is -0.137. The summed E-state index contributed by atoms with van der Waals surface area (Å²) in [7, 11) is 0. The van der Waals surface area contributed by atoms with E-state index in [0.717, 1.165) is 5.75 Å². The lowest BCUT2D eigenvalue weighted by Crippen LogP contribution is -2.32. The van der Waals surface area contributed by atoms with Crippen LogP contribution in [0.25, 0.3) is 0 Å². The molecule has 0 fully saturated rings. The second-order valence-electron chi connectivity index (χ2n) is 3.98. The zero-order valence-electron chi connectivity index (χ0n) is 8.95. The van der Waals surface area contributed by atoms with Gasteiger partial charge in [-0.05, 0) is 20.8 Å². The van der Waals surface area contributed by atoms with Crippen LogP contribution in [0.4, 0.5) is 0 Å². The fourth-order valence-electron chi connectivity index (χ4n) is 0.688. The van der Waals surface area contributed by atoms with E-state index in [4.69, 9.17) is 15.6 Å². The van der Waals surface area contributed by atoms with Crippen LogP contribution in [0.1, 0.15) is 20.8 Å². The van der Waals surface area contributed by atoms with E-state index in [0.29, 0.717) is 12.4 Å². The van der Waals surface area contributed by atoms with Gasteiger partial charge in [0, 0.05) is 11.5 Å². The molecule has 3 N–H and O–H groups in total. The zero-order valence-corrected chi connectivity index (χ0v) is 9.76. The number of hydrogen-bond acceptors (Lipinski definition) is 4. The first-order chi connectivity index (χ1) is 6.33. The summed E-state index contributed by atoms with van der Waals surface area (Å²) in [6.45, 7) is 6.59. The molecule has 0 amide bonds. The molecule has 0 saturated heterocycles. The number of rotatable bonds is 6. The minimum absolute atomic E-state index is 0.129. The van der Waals surface area contributed by atoms with Crippen LogP contribution in [0.15, 0.2) is 0 Å². The highest BCUT2D eigenvalue weighted by atomic mass is 32.2. The van der Waals surface area contributed by atoms with Gasteiger partial charge in [-0.2, -0.15) is 11.8 Å². The Bertz CT molecular complexity index is 179. The summed E-state index contributed by atoms with van der Waals surface area (Å²) in [5.41, 5.74) is 5.19. The lowest BCUT2D eigenvalue weighted by atomic mass is 10.2. The van der Waals surface area contributed by atoms with E-state index in [1.165, 1.54) is 11.8 Å². The summed E-state index contributed by atoms with van der Waals surface area (Å²) in [6.07, 6.45) is 0. The van der Waals surface area contributed by atoms with Gasteiger partial charge in [0.15, 0.2) is 0 Å². The molecule has 4 nitrogen and oxygen atoms in total. The maximum absolute atomic E-state index is 10.4. The molecule has 0 rings (SSSR count). The lowest BCUT2D eigenvalue weighted by Gasteiger charge is -2.19. The van der Waals surface area contributed by atoms with Crippen molar-refractivity contribution >= 4 is 17.7 Å². The van der Waals surface area contributed by atoms with Crippen LogP contribution >= 0.6 is 11.8 Å². The molecule has 1 atom stereocenters. The highest BCUT2D eigenvalue weighted by Gasteiger charge is 2.12. The summed E-state index contributed by atoms with van der Waals surface area (Å²) in [4.78, 5) is 10.4. The molecule has 0 aromatic rings.